The Kier molecular flexibility index (Phi) is 4.69. The smallest absolute Gasteiger partial charge is 0.370 e. The van der Waals surface area contributed by atoms with E-state index in [2.05, 4.69) is 10.3 Å². The largest absolute Gasteiger partial charge is 0.406 e. The van der Waals surface area contributed by atoms with E-state index in [1.54, 1.807) is 12.1 Å². The van der Waals surface area contributed by atoms with Crippen molar-refractivity contribution < 1.29 is 18.0 Å². The quantitative estimate of drug-likeness (QED) is 0.878. The Bertz CT molecular complexity index is 500. The number of anilines is 1. The Morgan fingerprint density at radius 2 is 2.14 bits per heavy atom. The lowest BCUT2D eigenvalue weighted by Crippen LogP contribution is -2.40. The van der Waals surface area contributed by atoms with Crippen molar-refractivity contribution in [1.29, 1.82) is 0 Å². The van der Waals surface area contributed by atoms with Gasteiger partial charge in [0, 0.05) is 12.6 Å². The Balaban J connectivity index is 2.12. The summed E-state index contributed by atoms with van der Waals surface area (Å²) < 4.78 is 37.8. The van der Waals surface area contributed by atoms with Crippen LogP contribution in [0.25, 0.3) is 0 Å². The summed E-state index contributed by atoms with van der Waals surface area (Å²) >= 11 is 0. The number of hydrogen-bond acceptors (Lipinski definition) is 3. The van der Waals surface area contributed by atoms with E-state index >= 15 is 0 Å². The van der Waals surface area contributed by atoms with Crippen LogP contribution in [0.2, 0.25) is 0 Å². The first-order chi connectivity index (χ1) is 9.90. The number of amides is 1. The number of halogens is 3. The highest BCUT2D eigenvalue weighted by Gasteiger charge is 2.41. The Morgan fingerprint density at radius 1 is 1.43 bits per heavy atom. The van der Waals surface area contributed by atoms with Gasteiger partial charge in [-0.15, -0.1) is 0 Å². The van der Waals surface area contributed by atoms with Gasteiger partial charge in [0.25, 0.3) is 5.91 Å². The molecule has 2 rings (SSSR count). The van der Waals surface area contributed by atoms with Gasteiger partial charge < -0.3 is 10.2 Å². The molecule has 0 saturated heterocycles. The monoisotopic (exact) mass is 301 g/mol. The molecule has 0 spiro atoms. The van der Waals surface area contributed by atoms with Crippen molar-refractivity contribution in [2.24, 2.45) is 0 Å². The summed E-state index contributed by atoms with van der Waals surface area (Å²) in [5.74, 6) is -0.152. The van der Waals surface area contributed by atoms with Gasteiger partial charge in [0.1, 0.15) is 18.1 Å². The van der Waals surface area contributed by atoms with Crippen molar-refractivity contribution in [2.45, 2.75) is 38.4 Å². The molecular weight excluding hydrogens is 283 g/mol. The minimum atomic E-state index is -4.39. The fourth-order valence-corrected chi connectivity index (χ4v) is 2.00. The highest BCUT2D eigenvalue weighted by molar-refractivity contribution is 5.93. The molecule has 4 nitrogen and oxygen atoms in total. The van der Waals surface area contributed by atoms with Gasteiger partial charge in [-0.25, -0.2) is 4.98 Å². The third-order valence-corrected chi connectivity index (χ3v) is 3.12. The number of hydrogen-bond donors (Lipinski definition) is 1. The van der Waals surface area contributed by atoms with Crippen LogP contribution < -0.4 is 5.32 Å². The van der Waals surface area contributed by atoms with Crippen LogP contribution in [0, 0.1) is 0 Å². The highest BCUT2D eigenvalue weighted by atomic mass is 19.4. The summed E-state index contributed by atoms with van der Waals surface area (Å²) in [5, 5.41) is 3.02. The highest BCUT2D eigenvalue weighted by Crippen LogP contribution is 2.31. The molecule has 0 radical (unpaired) electrons. The second-order valence-corrected chi connectivity index (χ2v) is 5.11. The zero-order valence-electron chi connectivity index (χ0n) is 11.8. The minimum absolute atomic E-state index is 0.0484. The first kappa shape index (κ1) is 15.6. The molecule has 1 fully saturated rings. The summed E-state index contributed by atoms with van der Waals surface area (Å²) in [6.07, 6.45) is -2.26. The molecule has 1 saturated carbocycles. The molecule has 1 aliphatic carbocycles. The number of pyridine rings is 1. The van der Waals surface area contributed by atoms with E-state index in [-0.39, 0.29) is 11.7 Å². The summed E-state index contributed by atoms with van der Waals surface area (Å²) in [6.45, 7) is 1.46. The van der Waals surface area contributed by atoms with E-state index < -0.39 is 18.6 Å². The topological polar surface area (TPSA) is 45.2 Å². The maximum absolute atomic E-state index is 12.6. The summed E-state index contributed by atoms with van der Waals surface area (Å²) in [6, 6.07) is 4.45. The van der Waals surface area contributed by atoms with E-state index in [1.165, 1.54) is 6.07 Å². The average Bonchev–Trinajstić information content (AvgIpc) is 3.25. The minimum Gasteiger partial charge on any atom is -0.370 e. The molecule has 1 aliphatic rings. The van der Waals surface area contributed by atoms with Crippen LogP contribution in [0.4, 0.5) is 19.0 Å². The van der Waals surface area contributed by atoms with Gasteiger partial charge in [-0.2, -0.15) is 13.2 Å². The molecule has 116 valence electrons. The lowest BCUT2D eigenvalue weighted by molar-refractivity contribution is -0.141. The number of nitrogens with zero attached hydrogens (tertiary/aromatic N) is 2. The average molecular weight is 301 g/mol. The van der Waals surface area contributed by atoms with Gasteiger partial charge >= 0.3 is 6.18 Å². The van der Waals surface area contributed by atoms with Crippen molar-refractivity contribution in [3.63, 3.8) is 0 Å². The zero-order chi connectivity index (χ0) is 15.5. The van der Waals surface area contributed by atoms with Crippen LogP contribution in [-0.2, 0) is 0 Å². The normalized spacial score (nSPS) is 14.9. The van der Waals surface area contributed by atoms with E-state index in [1.807, 2.05) is 6.92 Å². The molecule has 1 aromatic heterocycles. The lowest BCUT2D eigenvalue weighted by atomic mass is 10.3. The van der Waals surface area contributed by atoms with Crippen molar-refractivity contribution in [3.8, 4) is 0 Å². The molecule has 1 amide bonds. The number of aromatic nitrogens is 1. The molecule has 1 heterocycles. The van der Waals surface area contributed by atoms with Crippen LogP contribution in [-0.4, -0.2) is 41.1 Å². The van der Waals surface area contributed by atoms with E-state index in [4.69, 9.17) is 0 Å². The lowest BCUT2D eigenvalue weighted by Gasteiger charge is -2.23. The summed E-state index contributed by atoms with van der Waals surface area (Å²) in [5.41, 5.74) is 0.0484. The molecule has 1 aromatic rings. The third kappa shape index (κ3) is 4.61. The van der Waals surface area contributed by atoms with Crippen molar-refractivity contribution in [2.75, 3.05) is 18.4 Å². The van der Waals surface area contributed by atoms with Gasteiger partial charge in [0.15, 0.2) is 0 Å². The first-order valence-electron chi connectivity index (χ1n) is 6.99. The van der Waals surface area contributed by atoms with E-state index in [0.29, 0.717) is 25.2 Å². The number of carbonyl (C=O) groups excluding carboxylic acids is 1. The fourth-order valence-electron chi connectivity index (χ4n) is 2.00. The Labute approximate surface area is 121 Å². The van der Waals surface area contributed by atoms with Crippen LogP contribution in [0.3, 0.4) is 0 Å². The zero-order valence-corrected chi connectivity index (χ0v) is 11.8. The molecule has 0 aliphatic heterocycles. The molecule has 0 atom stereocenters. The molecular formula is C14H18F3N3O. The number of alkyl halides is 3. The van der Waals surface area contributed by atoms with Crippen LogP contribution in [0.1, 0.15) is 36.7 Å². The van der Waals surface area contributed by atoms with Crippen molar-refractivity contribution >= 4 is 11.7 Å². The molecule has 0 aromatic carbocycles. The first-order valence-corrected chi connectivity index (χ1v) is 6.99. The number of rotatable bonds is 6. The van der Waals surface area contributed by atoms with Crippen LogP contribution in [0.5, 0.6) is 0 Å². The predicted molar refractivity (Wildman–Crippen MR) is 73.1 cm³/mol. The predicted octanol–water partition coefficient (Wildman–Crippen LogP) is 3.07. The van der Waals surface area contributed by atoms with Gasteiger partial charge in [-0.1, -0.05) is 13.0 Å². The van der Waals surface area contributed by atoms with Gasteiger partial charge in [-0.05, 0) is 31.4 Å². The van der Waals surface area contributed by atoms with Crippen molar-refractivity contribution in [3.05, 3.63) is 23.9 Å². The fraction of sp³-hybridized carbons (Fsp3) is 0.571. The van der Waals surface area contributed by atoms with Crippen LogP contribution in [0.15, 0.2) is 18.2 Å². The molecule has 1 N–H and O–H groups in total. The standard InChI is InChI=1S/C14H18F3N3O/c1-2-8-18-12-5-3-4-11(19-12)13(21)20(10-6-7-10)9-14(15,16)17/h3-5,10H,2,6-9H2,1H3,(H,18,19). The second-order valence-electron chi connectivity index (χ2n) is 5.11. The van der Waals surface area contributed by atoms with Gasteiger partial charge in [0.2, 0.25) is 0 Å². The maximum atomic E-state index is 12.6. The summed E-state index contributed by atoms with van der Waals surface area (Å²) in [4.78, 5) is 17.2. The number of nitrogens with one attached hydrogen (secondary N) is 1. The molecule has 0 bridgehead atoms. The second kappa shape index (κ2) is 6.32. The summed E-state index contributed by atoms with van der Waals surface area (Å²) in [7, 11) is 0. The molecule has 21 heavy (non-hydrogen) atoms. The maximum Gasteiger partial charge on any atom is 0.406 e. The number of carbonyl (C=O) groups is 1. The Hall–Kier alpha value is -1.79. The van der Waals surface area contributed by atoms with Gasteiger partial charge in [0.05, 0.1) is 0 Å². The SMILES string of the molecule is CCCNc1cccc(C(=O)N(CC(F)(F)F)C2CC2)n1. The molecule has 0 unspecified atom stereocenters. The van der Waals surface area contributed by atoms with E-state index in [0.717, 1.165) is 11.3 Å². The Morgan fingerprint density at radius 3 is 2.71 bits per heavy atom. The van der Waals surface area contributed by atoms with E-state index in [9.17, 15) is 18.0 Å². The van der Waals surface area contributed by atoms with Gasteiger partial charge in [-0.3, -0.25) is 4.79 Å². The van der Waals surface area contributed by atoms with Crippen molar-refractivity contribution in [1.82, 2.24) is 9.88 Å². The third-order valence-electron chi connectivity index (χ3n) is 3.12. The molecule has 7 heteroatoms. The van der Waals surface area contributed by atoms with Crippen LogP contribution >= 0.6 is 0 Å².